The number of aliphatic carboxylic acids is 1. The molecule has 1 atom stereocenters. The number of hydrogen-bond donors (Lipinski definition) is 2. The minimum absolute atomic E-state index is 0.392. The first-order valence-corrected chi connectivity index (χ1v) is 5.79. The lowest BCUT2D eigenvalue weighted by Gasteiger charge is -2.14. The van der Waals surface area contributed by atoms with E-state index in [0.717, 1.165) is 33.0 Å². The zero-order chi connectivity index (χ0) is 12.7. The summed E-state index contributed by atoms with van der Waals surface area (Å²) >= 11 is 0. The van der Waals surface area contributed by atoms with Gasteiger partial charge in [-0.2, -0.15) is 0 Å². The number of benzene rings is 1. The first-order valence-electron chi connectivity index (χ1n) is 5.79. The molecule has 0 aliphatic carbocycles. The Kier molecular flexibility index (Phi) is 5.66. The maximum atomic E-state index is 9.00. The van der Waals surface area contributed by atoms with Gasteiger partial charge in [0.15, 0.2) is 0 Å². The molecule has 4 nitrogen and oxygen atoms in total. The average molecular weight is 236 g/mol. The highest BCUT2D eigenvalue weighted by molar-refractivity contribution is 5.62. The predicted molar refractivity (Wildman–Crippen MR) is 67.6 cm³/mol. The Balaban J connectivity index is 0.000000317. The van der Waals surface area contributed by atoms with Crippen LogP contribution in [-0.2, 0) is 11.3 Å². The van der Waals surface area contributed by atoms with Crippen molar-refractivity contribution in [3.63, 3.8) is 0 Å². The van der Waals surface area contributed by atoms with Gasteiger partial charge in [0, 0.05) is 32.6 Å². The van der Waals surface area contributed by atoms with Gasteiger partial charge >= 0.3 is 0 Å². The molecule has 0 spiro atoms. The molecule has 1 heterocycles. The van der Waals surface area contributed by atoms with Crippen LogP contribution in [-0.4, -0.2) is 35.1 Å². The molecule has 3 N–H and O–H groups in total. The molecule has 0 amide bonds. The number of rotatable bonds is 2. The Labute approximate surface area is 102 Å². The molecule has 0 radical (unpaired) electrons. The molecule has 1 aliphatic rings. The van der Waals surface area contributed by atoms with Gasteiger partial charge in [0.1, 0.15) is 0 Å². The van der Waals surface area contributed by atoms with Gasteiger partial charge in [-0.1, -0.05) is 30.3 Å². The zero-order valence-corrected chi connectivity index (χ0v) is 10.2. The van der Waals surface area contributed by atoms with Crippen molar-refractivity contribution in [3.05, 3.63) is 35.9 Å². The molecule has 0 aromatic heterocycles. The molecular weight excluding hydrogens is 216 g/mol. The molecule has 1 unspecified atom stereocenters. The van der Waals surface area contributed by atoms with Crippen molar-refractivity contribution in [3.8, 4) is 0 Å². The molecule has 1 aliphatic heterocycles. The van der Waals surface area contributed by atoms with E-state index in [4.69, 9.17) is 15.6 Å². The van der Waals surface area contributed by atoms with E-state index in [2.05, 4.69) is 35.2 Å². The van der Waals surface area contributed by atoms with E-state index in [1.165, 1.54) is 5.56 Å². The first-order chi connectivity index (χ1) is 8.08. The number of carboxylic acid groups (broad SMARTS) is 1. The lowest BCUT2D eigenvalue weighted by atomic mass is 10.2. The number of likely N-dealkylation sites (tertiary alicyclic amines) is 1. The van der Waals surface area contributed by atoms with Crippen LogP contribution in [0.3, 0.4) is 0 Å². The van der Waals surface area contributed by atoms with E-state index >= 15 is 0 Å². The largest absolute Gasteiger partial charge is 0.481 e. The molecule has 1 aromatic carbocycles. The van der Waals surface area contributed by atoms with Gasteiger partial charge in [0.05, 0.1) is 0 Å². The Morgan fingerprint density at radius 2 is 2.06 bits per heavy atom. The molecule has 2 rings (SSSR count). The number of nitrogens with zero attached hydrogens (tertiary/aromatic N) is 1. The van der Waals surface area contributed by atoms with E-state index in [-0.39, 0.29) is 0 Å². The summed E-state index contributed by atoms with van der Waals surface area (Å²) in [4.78, 5) is 11.4. The smallest absolute Gasteiger partial charge is 0.300 e. The second-order valence-electron chi connectivity index (χ2n) is 4.29. The molecular formula is C13H20N2O2. The lowest BCUT2D eigenvalue weighted by Crippen LogP contribution is -2.26. The summed E-state index contributed by atoms with van der Waals surface area (Å²) in [6.07, 6.45) is 1.15. The maximum absolute atomic E-state index is 9.00. The van der Waals surface area contributed by atoms with Crippen molar-refractivity contribution in [1.82, 2.24) is 4.90 Å². The summed E-state index contributed by atoms with van der Waals surface area (Å²) in [5.74, 6) is -0.833. The topological polar surface area (TPSA) is 66.6 Å². The normalized spacial score (nSPS) is 19.5. The van der Waals surface area contributed by atoms with E-state index in [0.29, 0.717) is 6.04 Å². The van der Waals surface area contributed by atoms with Crippen LogP contribution >= 0.6 is 0 Å². The van der Waals surface area contributed by atoms with Crippen molar-refractivity contribution in [2.75, 3.05) is 13.1 Å². The summed E-state index contributed by atoms with van der Waals surface area (Å²) in [6.45, 7) is 4.33. The van der Waals surface area contributed by atoms with Crippen molar-refractivity contribution in [2.45, 2.75) is 25.9 Å². The van der Waals surface area contributed by atoms with Crippen molar-refractivity contribution < 1.29 is 9.90 Å². The SMILES string of the molecule is CC(=O)O.NC1CCN(Cc2ccccc2)C1. The Hall–Kier alpha value is -1.39. The van der Waals surface area contributed by atoms with Crippen LogP contribution in [0.4, 0.5) is 0 Å². The zero-order valence-electron chi connectivity index (χ0n) is 10.2. The summed E-state index contributed by atoms with van der Waals surface area (Å²) in [7, 11) is 0. The summed E-state index contributed by atoms with van der Waals surface area (Å²) in [5.41, 5.74) is 7.22. The predicted octanol–water partition coefficient (Wildman–Crippen LogP) is 1.31. The number of hydrogen-bond acceptors (Lipinski definition) is 3. The van der Waals surface area contributed by atoms with Crippen LogP contribution in [0.25, 0.3) is 0 Å². The Bertz CT molecular complexity index is 337. The molecule has 0 saturated carbocycles. The third-order valence-electron chi connectivity index (χ3n) is 2.56. The molecule has 4 heteroatoms. The second kappa shape index (κ2) is 7.04. The summed E-state index contributed by atoms with van der Waals surface area (Å²) in [5, 5.41) is 7.42. The standard InChI is InChI=1S/C11H16N2.C2H4O2/c12-11-6-7-13(9-11)8-10-4-2-1-3-5-10;1-2(3)4/h1-5,11H,6-9,12H2;1H3,(H,3,4). The minimum atomic E-state index is -0.833. The van der Waals surface area contributed by atoms with Crippen LogP contribution in [0.2, 0.25) is 0 Å². The van der Waals surface area contributed by atoms with Gasteiger partial charge in [-0.25, -0.2) is 0 Å². The van der Waals surface area contributed by atoms with Gasteiger partial charge in [0.2, 0.25) is 0 Å². The minimum Gasteiger partial charge on any atom is -0.481 e. The molecule has 94 valence electrons. The van der Waals surface area contributed by atoms with Crippen LogP contribution in [0.15, 0.2) is 30.3 Å². The van der Waals surface area contributed by atoms with Gasteiger partial charge in [-0.3, -0.25) is 9.69 Å². The van der Waals surface area contributed by atoms with E-state index in [9.17, 15) is 0 Å². The van der Waals surface area contributed by atoms with E-state index in [1.54, 1.807) is 0 Å². The maximum Gasteiger partial charge on any atom is 0.300 e. The number of carboxylic acids is 1. The van der Waals surface area contributed by atoms with Gasteiger partial charge in [-0.05, 0) is 12.0 Å². The highest BCUT2D eigenvalue weighted by atomic mass is 16.4. The quantitative estimate of drug-likeness (QED) is 0.812. The fraction of sp³-hybridized carbons (Fsp3) is 0.462. The fourth-order valence-electron chi connectivity index (χ4n) is 1.85. The van der Waals surface area contributed by atoms with Crippen LogP contribution in [0, 0.1) is 0 Å². The lowest BCUT2D eigenvalue weighted by molar-refractivity contribution is -0.134. The van der Waals surface area contributed by atoms with Gasteiger partial charge < -0.3 is 10.8 Å². The number of carbonyl (C=O) groups is 1. The first kappa shape index (κ1) is 13.7. The van der Waals surface area contributed by atoms with E-state index < -0.39 is 5.97 Å². The highest BCUT2D eigenvalue weighted by Gasteiger charge is 2.18. The molecule has 1 fully saturated rings. The highest BCUT2D eigenvalue weighted by Crippen LogP contribution is 2.11. The van der Waals surface area contributed by atoms with Crippen molar-refractivity contribution in [2.24, 2.45) is 5.73 Å². The molecule has 1 saturated heterocycles. The molecule has 0 bridgehead atoms. The average Bonchev–Trinajstić information content (AvgIpc) is 2.65. The van der Waals surface area contributed by atoms with Crippen LogP contribution in [0.5, 0.6) is 0 Å². The van der Waals surface area contributed by atoms with E-state index in [1.807, 2.05) is 0 Å². The van der Waals surface area contributed by atoms with Crippen molar-refractivity contribution in [1.29, 1.82) is 0 Å². The molecule has 1 aromatic rings. The fourth-order valence-corrected chi connectivity index (χ4v) is 1.85. The molecule has 17 heavy (non-hydrogen) atoms. The summed E-state index contributed by atoms with van der Waals surface area (Å²) in [6, 6.07) is 11.0. The number of nitrogens with two attached hydrogens (primary N) is 1. The van der Waals surface area contributed by atoms with Gasteiger partial charge in [-0.15, -0.1) is 0 Å². The third-order valence-corrected chi connectivity index (χ3v) is 2.56. The Morgan fingerprint density at radius 1 is 1.47 bits per heavy atom. The Morgan fingerprint density at radius 3 is 2.53 bits per heavy atom. The summed E-state index contributed by atoms with van der Waals surface area (Å²) < 4.78 is 0. The van der Waals surface area contributed by atoms with Crippen LogP contribution < -0.4 is 5.73 Å². The monoisotopic (exact) mass is 236 g/mol. The second-order valence-corrected chi connectivity index (χ2v) is 4.29. The third kappa shape index (κ3) is 6.04. The van der Waals surface area contributed by atoms with Crippen LogP contribution in [0.1, 0.15) is 18.9 Å². The van der Waals surface area contributed by atoms with Crippen molar-refractivity contribution >= 4 is 5.97 Å². The van der Waals surface area contributed by atoms with Gasteiger partial charge in [0.25, 0.3) is 5.97 Å².